The molecule has 118 valence electrons. The molecule has 1 atom stereocenters. The Morgan fingerprint density at radius 2 is 1.86 bits per heavy atom. The van der Waals surface area contributed by atoms with E-state index in [1.807, 2.05) is 4.90 Å². The molecule has 1 N–H and O–H groups in total. The molecule has 1 aromatic carbocycles. The highest BCUT2D eigenvalue weighted by Gasteiger charge is 2.35. The zero-order valence-electron chi connectivity index (χ0n) is 12.6. The number of para-hydroxylation sites is 1. The molecule has 0 saturated carbocycles. The predicted molar refractivity (Wildman–Crippen MR) is 79.5 cm³/mol. The van der Waals surface area contributed by atoms with Crippen LogP contribution in [-0.2, 0) is 6.18 Å². The Morgan fingerprint density at radius 1 is 1.24 bits per heavy atom. The molecule has 21 heavy (non-hydrogen) atoms. The van der Waals surface area contributed by atoms with Crippen LogP contribution in [0.4, 0.5) is 18.9 Å². The third-order valence-electron chi connectivity index (χ3n) is 4.32. The normalized spacial score (nSPS) is 18.8. The Morgan fingerprint density at radius 3 is 2.43 bits per heavy atom. The largest absolute Gasteiger partial charge is 0.418 e. The lowest BCUT2D eigenvalue weighted by Gasteiger charge is -2.37. The summed E-state index contributed by atoms with van der Waals surface area (Å²) in [6.45, 7) is 6.54. The van der Waals surface area contributed by atoms with Crippen molar-refractivity contribution < 1.29 is 13.2 Å². The molecular weight excluding hydrogens is 277 g/mol. The zero-order chi connectivity index (χ0) is 15.5. The van der Waals surface area contributed by atoms with Crippen LogP contribution in [0.25, 0.3) is 0 Å². The van der Waals surface area contributed by atoms with Crippen LogP contribution in [0, 0.1) is 5.92 Å². The van der Waals surface area contributed by atoms with Gasteiger partial charge in [0.1, 0.15) is 0 Å². The average molecular weight is 300 g/mol. The van der Waals surface area contributed by atoms with E-state index in [0.717, 1.165) is 19.4 Å². The lowest BCUT2D eigenvalue weighted by atomic mass is 9.90. The molecule has 0 radical (unpaired) electrons. The summed E-state index contributed by atoms with van der Waals surface area (Å²) < 4.78 is 39.2. The van der Waals surface area contributed by atoms with Crippen molar-refractivity contribution in [2.24, 2.45) is 5.92 Å². The Kier molecular flexibility index (Phi) is 5.14. The molecule has 2 rings (SSSR count). The Labute approximate surface area is 124 Å². The summed E-state index contributed by atoms with van der Waals surface area (Å²) in [4.78, 5) is 1.87. The van der Waals surface area contributed by atoms with Crippen molar-refractivity contribution in [2.45, 2.75) is 38.9 Å². The highest BCUT2D eigenvalue weighted by Crippen LogP contribution is 2.37. The molecule has 1 heterocycles. The molecule has 0 bridgehead atoms. The van der Waals surface area contributed by atoms with E-state index in [0.29, 0.717) is 30.7 Å². The minimum atomic E-state index is -4.29. The molecule has 1 aromatic rings. The van der Waals surface area contributed by atoms with Crippen LogP contribution in [0.15, 0.2) is 24.3 Å². The highest BCUT2D eigenvalue weighted by atomic mass is 19.4. The maximum absolute atomic E-state index is 13.1. The summed E-state index contributed by atoms with van der Waals surface area (Å²) >= 11 is 0. The van der Waals surface area contributed by atoms with Gasteiger partial charge in [-0.25, -0.2) is 0 Å². The van der Waals surface area contributed by atoms with E-state index < -0.39 is 11.7 Å². The standard InChI is InChI=1S/C16H23F3N2/c1-3-20-12(2)13-8-10-21(11-9-13)15-7-5-4-6-14(15)16(17,18)19/h4-7,12-13,20H,3,8-11H2,1-2H3. The SMILES string of the molecule is CCNC(C)C1CCN(c2ccccc2C(F)(F)F)CC1. The molecule has 1 fully saturated rings. The van der Waals surface area contributed by atoms with E-state index in [9.17, 15) is 13.2 Å². The molecule has 0 aromatic heterocycles. The van der Waals surface area contributed by atoms with Gasteiger partial charge in [-0.3, -0.25) is 0 Å². The Bertz CT molecular complexity index is 451. The van der Waals surface area contributed by atoms with Crippen molar-refractivity contribution in [3.05, 3.63) is 29.8 Å². The first-order valence-corrected chi connectivity index (χ1v) is 7.58. The summed E-state index contributed by atoms with van der Waals surface area (Å²) in [5.74, 6) is 0.541. The van der Waals surface area contributed by atoms with Crippen LogP contribution < -0.4 is 10.2 Å². The van der Waals surface area contributed by atoms with Gasteiger partial charge in [-0.2, -0.15) is 13.2 Å². The van der Waals surface area contributed by atoms with Gasteiger partial charge >= 0.3 is 6.18 Å². The van der Waals surface area contributed by atoms with Gasteiger partial charge in [0.15, 0.2) is 0 Å². The van der Waals surface area contributed by atoms with Gasteiger partial charge in [-0.15, -0.1) is 0 Å². The lowest BCUT2D eigenvalue weighted by Crippen LogP contribution is -2.42. The number of anilines is 1. The monoisotopic (exact) mass is 300 g/mol. The van der Waals surface area contributed by atoms with Crippen LogP contribution in [0.5, 0.6) is 0 Å². The molecule has 1 aliphatic heterocycles. The summed E-state index contributed by atoms with van der Waals surface area (Å²) in [6.07, 6.45) is -2.43. The minimum absolute atomic E-state index is 0.319. The maximum atomic E-state index is 13.1. The minimum Gasteiger partial charge on any atom is -0.371 e. The Hall–Kier alpha value is -1.23. The smallest absolute Gasteiger partial charge is 0.371 e. The van der Waals surface area contributed by atoms with Gasteiger partial charge in [0.25, 0.3) is 0 Å². The average Bonchev–Trinajstić information content (AvgIpc) is 2.47. The second kappa shape index (κ2) is 6.69. The summed E-state index contributed by atoms with van der Waals surface area (Å²) in [6, 6.07) is 6.30. The molecule has 1 aliphatic rings. The fourth-order valence-corrected chi connectivity index (χ4v) is 3.12. The van der Waals surface area contributed by atoms with E-state index in [2.05, 4.69) is 19.2 Å². The number of hydrogen-bond donors (Lipinski definition) is 1. The first kappa shape index (κ1) is 16.1. The number of nitrogens with zero attached hydrogens (tertiary/aromatic N) is 1. The molecule has 0 spiro atoms. The van der Waals surface area contributed by atoms with Gasteiger partial charge in [0.05, 0.1) is 5.56 Å². The first-order valence-electron chi connectivity index (χ1n) is 7.58. The van der Waals surface area contributed by atoms with E-state index in [-0.39, 0.29) is 0 Å². The van der Waals surface area contributed by atoms with Crippen molar-refractivity contribution in [2.75, 3.05) is 24.5 Å². The predicted octanol–water partition coefficient (Wildman–Crippen LogP) is 3.92. The number of piperidine rings is 1. The van der Waals surface area contributed by atoms with Gasteiger partial charge in [0, 0.05) is 24.8 Å². The number of alkyl halides is 3. The number of hydrogen-bond acceptors (Lipinski definition) is 2. The number of rotatable bonds is 4. The Balaban J connectivity index is 2.06. The molecular formula is C16H23F3N2. The summed E-state index contributed by atoms with van der Waals surface area (Å²) in [5, 5.41) is 3.41. The van der Waals surface area contributed by atoms with Crippen molar-refractivity contribution in [1.82, 2.24) is 5.32 Å². The van der Waals surface area contributed by atoms with Gasteiger partial charge in [-0.1, -0.05) is 19.1 Å². The molecule has 0 amide bonds. The topological polar surface area (TPSA) is 15.3 Å². The number of benzene rings is 1. The fraction of sp³-hybridized carbons (Fsp3) is 0.625. The quantitative estimate of drug-likeness (QED) is 0.906. The van der Waals surface area contributed by atoms with Crippen molar-refractivity contribution in [3.8, 4) is 0 Å². The molecule has 2 nitrogen and oxygen atoms in total. The van der Waals surface area contributed by atoms with Crippen LogP contribution in [0.3, 0.4) is 0 Å². The van der Waals surface area contributed by atoms with E-state index in [1.54, 1.807) is 12.1 Å². The number of halogens is 3. The molecule has 1 unspecified atom stereocenters. The molecule has 0 aliphatic carbocycles. The summed E-state index contributed by atoms with van der Waals surface area (Å²) in [7, 11) is 0. The van der Waals surface area contributed by atoms with Crippen molar-refractivity contribution in [3.63, 3.8) is 0 Å². The van der Waals surface area contributed by atoms with Gasteiger partial charge in [0.2, 0.25) is 0 Å². The van der Waals surface area contributed by atoms with E-state index >= 15 is 0 Å². The van der Waals surface area contributed by atoms with Crippen LogP contribution >= 0.6 is 0 Å². The zero-order valence-corrected chi connectivity index (χ0v) is 12.6. The third-order valence-corrected chi connectivity index (χ3v) is 4.32. The van der Waals surface area contributed by atoms with E-state index in [4.69, 9.17) is 0 Å². The second-order valence-corrected chi connectivity index (χ2v) is 5.69. The molecule has 5 heteroatoms. The lowest BCUT2D eigenvalue weighted by molar-refractivity contribution is -0.137. The van der Waals surface area contributed by atoms with Crippen LogP contribution in [0.1, 0.15) is 32.3 Å². The summed E-state index contributed by atoms with van der Waals surface area (Å²) in [5.41, 5.74) is -0.206. The maximum Gasteiger partial charge on any atom is 0.418 e. The number of nitrogens with one attached hydrogen (secondary N) is 1. The second-order valence-electron chi connectivity index (χ2n) is 5.69. The van der Waals surface area contributed by atoms with Crippen LogP contribution in [0.2, 0.25) is 0 Å². The van der Waals surface area contributed by atoms with Crippen molar-refractivity contribution >= 4 is 5.69 Å². The van der Waals surface area contributed by atoms with Gasteiger partial charge in [-0.05, 0) is 44.4 Å². The highest BCUT2D eigenvalue weighted by molar-refractivity contribution is 5.55. The van der Waals surface area contributed by atoms with Crippen LogP contribution in [-0.4, -0.2) is 25.7 Å². The fourth-order valence-electron chi connectivity index (χ4n) is 3.12. The third kappa shape index (κ3) is 3.90. The van der Waals surface area contributed by atoms with E-state index in [1.165, 1.54) is 12.1 Å². The molecule has 1 saturated heterocycles. The van der Waals surface area contributed by atoms with Crippen molar-refractivity contribution in [1.29, 1.82) is 0 Å². The first-order chi connectivity index (χ1) is 9.93. The van der Waals surface area contributed by atoms with Gasteiger partial charge < -0.3 is 10.2 Å².